The maximum absolute atomic E-state index is 13.0. The van der Waals surface area contributed by atoms with Crippen LogP contribution in [0.3, 0.4) is 0 Å². The molecule has 2 aliphatic rings. The van der Waals surface area contributed by atoms with Crippen LogP contribution in [-0.4, -0.2) is 35.6 Å². The van der Waals surface area contributed by atoms with E-state index in [4.69, 9.17) is 11.6 Å². The van der Waals surface area contributed by atoms with Crippen LogP contribution in [0.15, 0.2) is 12.1 Å². The second-order valence-electron chi connectivity index (χ2n) is 6.80. The molecule has 0 radical (unpaired) electrons. The van der Waals surface area contributed by atoms with E-state index in [1.165, 1.54) is 14.7 Å². The van der Waals surface area contributed by atoms with E-state index < -0.39 is 5.54 Å². The first-order chi connectivity index (χ1) is 11.5. The molecule has 2 N–H and O–H groups in total. The van der Waals surface area contributed by atoms with Crippen LogP contribution in [-0.2, 0) is 11.3 Å². The molecule has 3 amide bonds. The zero-order valence-corrected chi connectivity index (χ0v) is 15.6. The summed E-state index contributed by atoms with van der Waals surface area (Å²) in [6, 6.07) is 3.68. The molecule has 5 nitrogen and oxygen atoms in total. The molecule has 24 heavy (non-hydrogen) atoms. The molecule has 1 saturated heterocycles. The third kappa shape index (κ3) is 3.60. The average molecular weight is 371 g/mol. The summed E-state index contributed by atoms with van der Waals surface area (Å²) >= 11 is 7.55. The summed E-state index contributed by atoms with van der Waals surface area (Å²) in [5.41, 5.74) is -0.640. The maximum atomic E-state index is 13.0. The summed E-state index contributed by atoms with van der Waals surface area (Å²) in [4.78, 5) is 29.2. The second-order valence-corrected chi connectivity index (χ2v) is 8.60. The van der Waals surface area contributed by atoms with Gasteiger partial charge in [0.1, 0.15) is 12.1 Å². The van der Waals surface area contributed by atoms with Crippen molar-refractivity contribution in [2.75, 3.05) is 13.2 Å². The lowest BCUT2D eigenvalue weighted by atomic mass is 9.90. The van der Waals surface area contributed by atoms with Crippen molar-refractivity contribution in [3.63, 3.8) is 0 Å². The minimum Gasteiger partial charge on any atom is -0.323 e. The van der Waals surface area contributed by atoms with Crippen molar-refractivity contribution < 1.29 is 14.5 Å². The van der Waals surface area contributed by atoms with Gasteiger partial charge in [-0.05, 0) is 31.9 Å². The number of carbonyl (C=O) groups excluding carboxylic acids is 2. The molecular formula is C17H25ClN3O2S+. The van der Waals surface area contributed by atoms with Crippen LogP contribution in [0, 0.1) is 0 Å². The van der Waals surface area contributed by atoms with E-state index in [1.54, 1.807) is 11.3 Å². The molecular weight excluding hydrogens is 346 g/mol. The Bertz CT molecular complexity index is 611. The highest BCUT2D eigenvalue weighted by Gasteiger charge is 2.51. The number of nitrogens with zero attached hydrogens (tertiary/aromatic N) is 1. The van der Waals surface area contributed by atoms with Crippen molar-refractivity contribution in [3.8, 4) is 0 Å². The van der Waals surface area contributed by atoms with Gasteiger partial charge in [-0.2, -0.15) is 0 Å². The molecule has 1 aromatic rings. The van der Waals surface area contributed by atoms with Gasteiger partial charge in [0.25, 0.3) is 5.91 Å². The Kier molecular flexibility index (Phi) is 5.47. The Morgan fingerprint density at radius 3 is 2.54 bits per heavy atom. The summed E-state index contributed by atoms with van der Waals surface area (Å²) in [5, 5.41) is 3.01. The van der Waals surface area contributed by atoms with Crippen LogP contribution in [0.4, 0.5) is 4.79 Å². The molecule has 3 rings (SSSR count). The largest absolute Gasteiger partial charge is 0.329 e. The van der Waals surface area contributed by atoms with Gasteiger partial charge in [0, 0.05) is 0 Å². The van der Waals surface area contributed by atoms with E-state index in [2.05, 4.69) is 12.2 Å². The smallest absolute Gasteiger partial charge is 0.323 e. The Hall–Kier alpha value is -1.11. The molecule has 132 valence electrons. The maximum Gasteiger partial charge on any atom is 0.329 e. The van der Waals surface area contributed by atoms with E-state index in [9.17, 15) is 9.59 Å². The van der Waals surface area contributed by atoms with Crippen molar-refractivity contribution in [3.05, 3.63) is 21.3 Å². The SMILES string of the molecule is CC[NH+](Cc1ccc(Cl)s1)CN1C(=O)NC2(CCCCCC2)C1=O. The molecule has 1 aromatic heterocycles. The minimum atomic E-state index is -0.640. The lowest BCUT2D eigenvalue weighted by Crippen LogP contribution is -3.12. The third-order valence-corrected chi connectivity index (χ3v) is 6.37. The van der Waals surface area contributed by atoms with Crippen LogP contribution in [0.1, 0.15) is 50.3 Å². The molecule has 1 saturated carbocycles. The van der Waals surface area contributed by atoms with Crippen molar-refractivity contribution in [1.82, 2.24) is 10.2 Å². The molecule has 2 fully saturated rings. The lowest BCUT2D eigenvalue weighted by Gasteiger charge is -2.26. The standard InChI is InChI=1S/C17H24ClN3O2S/c1-2-20(11-13-7-8-14(18)24-13)12-21-15(22)17(19-16(21)23)9-5-3-4-6-10-17/h7-8H,2-6,9-12H2,1H3,(H,19,23)/p+1. The second kappa shape index (κ2) is 7.42. The highest BCUT2D eigenvalue weighted by Crippen LogP contribution is 2.32. The first-order valence-corrected chi connectivity index (χ1v) is 9.95. The molecule has 1 aliphatic carbocycles. The zero-order chi connectivity index (χ0) is 17.2. The topological polar surface area (TPSA) is 53.9 Å². The quantitative estimate of drug-likeness (QED) is 0.782. The number of nitrogens with one attached hydrogen (secondary N) is 2. The number of thiophene rings is 1. The number of urea groups is 1. The monoisotopic (exact) mass is 370 g/mol. The van der Waals surface area contributed by atoms with Crippen LogP contribution in [0.25, 0.3) is 0 Å². The van der Waals surface area contributed by atoms with Crippen LogP contribution >= 0.6 is 22.9 Å². The van der Waals surface area contributed by atoms with E-state index in [1.807, 2.05) is 12.1 Å². The Balaban J connectivity index is 1.69. The predicted octanol–water partition coefficient (Wildman–Crippen LogP) is 2.41. The van der Waals surface area contributed by atoms with Crippen molar-refractivity contribution in [1.29, 1.82) is 0 Å². The molecule has 2 heterocycles. The van der Waals surface area contributed by atoms with Gasteiger partial charge in [-0.25, -0.2) is 9.69 Å². The fraction of sp³-hybridized carbons (Fsp3) is 0.647. The van der Waals surface area contributed by atoms with Gasteiger partial charge < -0.3 is 10.2 Å². The lowest BCUT2D eigenvalue weighted by molar-refractivity contribution is -0.919. The van der Waals surface area contributed by atoms with Gasteiger partial charge in [-0.15, -0.1) is 11.3 Å². The first-order valence-electron chi connectivity index (χ1n) is 8.76. The number of hydrogen-bond acceptors (Lipinski definition) is 3. The van der Waals surface area contributed by atoms with Crippen LogP contribution in [0.5, 0.6) is 0 Å². The van der Waals surface area contributed by atoms with Crippen molar-refractivity contribution in [2.24, 2.45) is 0 Å². The fourth-order valence-electron chi connectivity index (χ4n) is 3.70. The van der Waals surface area contributed by atoms with Gasteiger partial charge in [0.15, 0.2) is 6.67 Å². The Morgan fingerprint density at radius 2 is 1.96 bits per heavy atom. The highest BCUT2D eigenvalue weighted by atomic mass is 35.5. The average Bonchev–Trinajstić information content (AvgIpc) is 2.94. The third-order valence-electron chi connectivity index (χ3n) is 5.14. The Morgan fingerprint density at radius 1 is 1.25 bits per heavy atom. The highest BCUT2D eigenvalue weighted by molar-refractivity contribution is 7.16. The predicted molar refractivity (Wildman–Crippen MR) is 95.2 cm³/mol. The molecule has 1 aliphatic heterocycles. The summed E-state index contributed by atoms with van der Waals surface area (Å²) < 4.78 is 0.771. The van der Waals surface area contributed by atoms with Crippen molar-refractivity contribution >= 4 is 34.9 Å². The van der Waals surface area contributed by atoms with Crippen LogP contribution < -0.4 is 10.2 Å². The van der Waals surface area contributed by atoms with Gasteiger partial charge >= 0.3 is 6.03 Å². The number of rotatable bonds is 5. The number of amides is 3. The van der Waals surface area contributed by atoms with Crippen LogP contribution in [0.2, 0.25) is 4.34 Å². The minimum absolute atomic E-state index is 0.0236. The van der Waals surface area contributed by atoms with E-state index in [0.29, 0.717) is 6.67 Å². The molecule has 1 atom stereocenters. The number of carbonyl (C=O) groups is 2. The van der Waals surface area contributed by atoms with E-state index in [0.717, 1.165) is 56.0 Å². The van der Waals surface area contributed by atoms with Gasteiger partial charge in [-0.1, -0.05) is 37.3 Å². The summed E-state index contributed by atoms with van der Waals surface area (Å²) in [5.74, 6) is -0.0236. The number of halogens is 1. The van der Waals surface area contributed by atoms with E-state index in [-0.39, 0.29) is 11.9 Å². The summed E-state index contributed by atoms with van der Waals surface area (Å²) in [6.07, 6.45) is 5.87. The first kappa shape index (κ1) is 17.7. The molecule has 0 aromatic carbocycles. The normalized spacial score (nSPS) is 21.8. The molecule has 1 spiro atoms. The van der Waals surface area contributed by atoms with E-state index >= 15 is 0 Å². The number of quaternary nitrogens is 1. The molecule has 0 bridgehead atoms. The molecule has 1 unspecified atom stereocenters. The number of hydrogen-bond donors (Lipinski definition) is 2. The van der Waals surface area contributed by atoms with Gasteiger partial charge in [-0.3, -0.25) is 4.79 Å². The van der Waals surface area contributed by atoms with Gasteiger partial charge in [0.2, 0.25) is 0 Å². The zero-order valence-electron chi connectivity index (χ0n) is 14.1. The number of imide groups is 1. The van der Waals surface area contributed by atoms with Gasteiger partial charge in [0.05, 0.1) is 15.8 Å². The molecule has 7 heteroatoms. The summed E-state index contributed by atoms with van der Waals surface area (Å²) in [6.45, 7) is 4.11. The Labute approximate surface area is 152 Å². The van der Waals surface area contributed by atoms with Crippen molar-refractivity contribution in [2.45, 2.75) is 57.5 Å². The fourth-order valence-corrected chi connectivity index (χ4v) is 4.86. The summed E-state index contributed by atoms with van der Waals surface area (Å²) in [7, 11) is 0.